The lowest BCUT2D eigenvalue weighted by atomic mass is 10.1. The number of benzene rings is 1. The van der Waals surface area contributed by atoms with Crippen molar-refractivity contribution in [2.24, 2.45) is 0 Å². The van der Waals surface area contributed by atoms with Crippen molar-refractivity contribution in [1.82, 2.24) is 0 Å². The molecule has 1 aromatic rings. The van der Waals surface area contributed by atoms with Crippen molar-refractivity contribution in [3.05, 3.63) is 59.4 Å². The molecular formula is C17H18O5. The maximum absolute atomic E-state index is 11.9. The Morgan fingerprint density at radius 3 is 2.32 bits per heavy atom. The molecule has 5 nitrogen and oxygen atoms in total. The summed E-state index contributed by atoms with van der Waals surface area (Å²) in [5, 5.41) is 0. The van der Waals surface area contributed by atoms with Gasteiger partial charge in [-0.1, -0.05) is 35.9 Å². The molecule has 0 saturated heterocycles. The highest BCUT2D eigenvalue weighted by Crippen LogP contribution is 2.06. The molecule has 0 aliphatic rings. The van der Waals surface area contributed by atoms with Gasteiger partial charge in [-0.3, -0.25) is 9.59 Å². The van der Waals surface area contributed by atoms with E-state index in [0.29, 0.717) is 5.56 Å². The predicted octanol–water partition coefficient (Wildman–Crippen LogP) is 2.74. The summed E-state index contributed by atoms with van der Waals surface area (Å²) in [5.41, 5.74) is 1.58. The van der Waals surface area contributed by atoms with E-state index in [0.717, 1.165) is 5.56 Å². The zero-order valence-electron chi connectivity index (χ0n) is 12.8. The number of carbonyl (C=O) groups is 3. The molecule has 22 heavy (non-hydrogen) atoms. The van der Waals surface area contributed by atoms with Crippen LogP contribution in [-0.4, -0.2) is 24.3 Å². The predicted molar refractivity (Wildman–Crippen MR) is 81.1 cm³/mol. The van der Waals surface area contributed by atoms with Gasteiger partial charge in [0.2, 0.25) is 5.76 Å². The van der Waals surface area contributed by atoms with Crippen LogP contribution in [0.4, 0.5) is 0 Å². The Morgan fingerprint density at radius 2 is 1.77 bits per heavy atom. The molecule has 0 radical (unpaired) electrons. The average molecular weight is 302 g/mol. The molecular weight excluding hydrogens is 284 g/mol. The lowest BCUT2D eigenvalue weighted by Gasteiger charge is -2.04. The fraction of sp³-hybridized carbons (Fsp3) is 0.235. The van der Waals surface area contributed by atoms with E-state index in [1.54, 1.807) is 19.1 Å². The minimum atomic E-state index is -0.759. The van der Waals surface area contributed by atoms with Gasteiger partial charge in [0.05, 0.1) is 6.61 Å². The molecule has 0 aliphatic heterocycles. The molecule has 0 bridgehead atoms. The van der Waals surface area contributed by atoms with E-state index < -0.39 is 11.9 Å². The van der Waals surface area contributed by atoms with Crippen LogP contribution in [0.25, 0.3) is 0 Å². The minimum absolute atomic E-state index is 0.156. The second-order valence-electron chi connectivity index (χ2n) is 4.43. The van der Waals surface area contributed by atoms with Crippen LogP contribution in [0.2, 0.25) is 0 Å². The Morgan fingerprint density at radius 1 is 1.14 bits per heavy atom. The Balaban J connectivity index is 2.83. The van der Waals surface area contributed by atoms with Crippen LogP contribution in [0.3, 0.4) is 0 Å². The van der Waals surface area contributed by atoms with Crippen LogP contribution in [0.5, 0.6) is 0 Å². The fourth-order valence-electron chi connectivity index (χ4n) is 1.54. The van der Waals surface area contributed by atoms with E-state index in [1.165, 1.54) is 25.2 Å². The zero-order valence-corrected chi connectivity index (χ0v) is 12.8. The minimum Gasteiger partial charge on any atom is -0.460 e. The van der Waals surface area contributed by atoms with Crippen molar-refractivity contribution in [1.29, 1.82) is 0 Å². The third-order valence-corrected chi connectivity index (χ3v) is 2.56. The molecule has 0 fully saturated rings. The Hall–Kier alpha value is -2.69. The van der Waals surface area contributed by atoms with Gasteiger partial charge in [-0.25, -0.2) is 4.79 Å². The van der Waals surface area contributed by atoms with Crippen molar-refractivity contribution < 1.29 is 23.9 Å². The molecule has 1 rings (SSSR count). The van der Waals surface area contributed by atoms with Crippen molar-refractivity contribution in [3.8, 4) is 0 Å². The molecule has 0 atom stereocenters. The molecule has 0 heterocycles. The molecule has 0 aromatic heterocycles. The van der Waals surface area contributed by atoms with Crippen LogP contribution < -0.4 is 0 Å². The number of hydrogen-bond acceptors (Lipinski definition) is 5. The van der Waals surface area contributed by atoms with Crippen LogP contribution in [0.1, 0.15) is 29.8 Å². The normalized spacial score (nSPS) is 11.3. The first-order valence-corrected chi connectivity index (χ1v) is 6.79. The summed E-state index contributed by atoms with van der Waals surface area (Å²) < 4.78 is 9.51. The number of rotatable bonds is 6. The topological polar surface area (TPSA) is 69.7 Å². The maximum atomic E-state index is 11.9. The Bertz CT molecular complexity index is 608. The zero-order chi connectivity index (χ0) is 16.5. The van der Waals surface area contributed by atoms with Crippen molar-refractivity contribution >= 4 is 17.7 Å². The lowest BCUT2D eigenvalue weighted by molar-refractivity contribution is -0.150. The van der Waals surface area contributed by atoms with Gasteiger partial charge < -0.3 is 9.47 Å². The second kappa shape index (κ2) is 8.56. The van der Waals surface area contributed by atoms with Crippen LogP contribution in [0, 0.1) is 6.92 Å². The molecule has 0 aliphatic carbocycles. The number of aryl methyl sites for hydroxylation is 1. The van der Waals surface area contributed by atoms with E-state index in [-0.39, 0.29) is 18.1 Å². The summed E-state index contributed by atoms with van der Waals surface area (Å²) in [6.45, 7) is 4.90. The number of ether oxygens (including phenoxy) is 2. The van der Waals surface area contributed by atoms with Crippen LogP contribution >= 0.6 is 0 Å². The Kier molecular flexibility index (Phi) is 6.76. The molecule has 0 N–H and O–H groups in total. The van der Waals surface area contributed by atoms with Crippen molar-refractivity contribution in [2.45, 2.75) is 20.8 Å². The monoisotopic (exact) mass is 302 g/mol. The number of esters is 2. The van der Waals surface area contributed by atoms with Gasteiger partial charge in [0.15, 0.2) is 5.78 Å². The number of ketones is 1. The van der Waals surface area contributed by atoms with Gasteiger partial charge in [-0.15, -0.1) is 0 Å². The van der Waals surface area contributed by atoms with Gasteiger partial charge in [0, 0.05) is 12.5 Å². The second-order valence-corrected chi connectivity index (χ2v) is 4.43. The van der Waals surface area contributed by atoms with Crippen LogP contribution in [-0.2, 0) is 19.1 Å². The quantitative estimate of drug-likeness (QED) is 0.266. The SMILES string of the molecule is CCOC(=O)/C(=C/C=C/C(=O)c1ccc(C)cc1)OC(C)=O. The highest BCUT2D eigenvalue weighted by Gasteiger charge is 2.13. The molecule has 116 valence electrons. The van der Waals surface area contributed by atoms with E-state index in [2.05, 4.69) is 0 Å². The molecule has 5 heteroatoms. The third kappa shape index (κ3) is 5.75. The lowest BCUT2D eigenvalue weighted by Crippen LogP contribution is -2.12. The average Bonchev–Trinajstić information content (AvgIpc) is 2.46. The highest BCUT2D eigenvalue weighted by molar-refractivity contribution is 6.04. The van der Waals surface area contributed by atoms with Crippen LogP contribution in [0.15, 0.2) is 48.3 Å². The molecule has 1 aromatic carbocycles. The first kappa shape index (κ1) is 17.4. The Labute approximate surface area is 129 Å². The largest absolute Gasteiger partial charge is 0.460 e. The van der Waals surface area contributed by atoms with Gasteiger partial charge in [0.25, 0.3) is 0 Å². The van der Waals surface area contributed by atoms with E-state index in [1.807, 2.05) is 19.1 Å². The summed E-state index contributed by atoms with van der Waals surface area (Å²) in [4.78, 5) is 34.4. The number of carbonyl (C=O) groups excluding carboxylic acids is 3. The van der Waals surface area contributed by atoms with Gasteiger partial charge in [-0.05, 0) is 26.0 Å². The smallest absolute Gasteiger partial charge is 0.374 e. The van der Waals surface area contributed by atoms with E-state index in [4.69, 9.17) is 9.47 Å². The fourth-order valence-corrected chi connectivity index (χ4v) is 1.54. The standard InChI is InChI=1S/C17H18O5/c1-4-21-17(20)16(22-13(3)18)7-5-6-15(19)14-10-8-12(2)9-11-14/h5-11H,4H2,1-3H3/b6-5+,16-7-. The highest BCUT2D eigenvalue weighted by atomic mass is 16.6. The molecule has 0 spiro atoms. The summed E-state index contributed by atoms with van der Waals surface area (Å²) >= 11 is 0. The van der Waals surface area contributed by atoms with Gasteiger partial charge in [0.1, 0.15) is 0 Å². The van der Waals surface area contributed by atoms with Gasteiger partial charge in [-0.2, -0.15) is 0 Å². The number of hydrogen-bond donors (Lipinski definition) is 0. The summed E-state index contributed by atoms with van der Waals surface area (Å²) in [6.07, 6.45) is 3.86. The van der Waals surface area contributed by atoms with E-state index in [9.17, 15) is 14.4 Å². The summed E-state index contributed by atoms with van der Waals surface area (Å²) in [5.74, 6) is -1.88. The summed E-state index contributed by atoms with van der Waals surface area (Å²) in [7, 11) is 0. The number of allylic oxidation sites excluding steroid dienone is 3. The third-order valence-electron chi connectivity index (χ3n) is 2.56. The van der Waals surface area contributed by atoms with E-state index >= 15 is 0 Å². The van der Waals surface area contributed by atoms with Gasteiger partial charge >= 0.3 is 11.9 Å². The maximum Gasteiger partial charge on any atom is 0.374 e. The van der Waals surface area contributed by atoms with Crippen molar-refractivity contribution in [2.75, 3.05) is 6.61 Å². The molecule has 0 amide bonds. The first-order valence-electron chi connectivity index (χ1n) is 6.79. The first-order chi connectivity index (χ1) is 10.4. The molecule has 0 unspecified atom stereocenters. The van der Waals surface area contributed by atoms with Crippen molar-refractivity contribution in [3.63, 3.8) is 0 Å². The molecule has 0 saturated carbocycles. The summed E-state index contributed by atoms with van der Waals surface area (Å²) in [6, 6.07) is 7.09.